The monoisotopic (exact) mass is 388 g/mol. The molecule has 1 fully saturated rings. The van der Waals surface area contributed by atoms with Gasteiger partial charge < -0.3 is 14.4 Å². The van der Waals surface area contributed by atoms with Gasteiger partial charge in [-0.15, -0.1) is 12.4 Å². The summed E-state index contributed by atoms with van der Waals surface area (Å²) in [4.78, 5) is 20.6. The summed E-state index contributed by atoms with van der Waals surface area (Å²) in [6.07, 6.45) is -0.734. The molecule has 3 rings (SSSR count). The minimum Gasteiger partial charge on any atom is -0.339 e. The number of amides is 1. The van der Waals surface area contributed by atoms with E-state index in [2.05, 4.69) is 9.88 Å². The van der Waals surface area contributed by atoms with Crippen molar-refractivity contribution in [2.45, 2.75) is 19.6 Å². The maximum Gasteiger partial charge on any atom is 0.416 e. The molecule has 0 aliphatic carbocycles. The SMILES string of the molecule is CCn1ccnc1N1CCN(C(=O)c2ccc(C(F)(F)F)cc2)CC1.Cl. The smallest absolute Gasteiger partial charge is 0.339 e. The van der Waals surface area contributed by atoms with Gasteiger partial charge in [-0.2, -0.15) is 13.2 Å². The highest BCUT2D eigenvalue weighted by molar-refractivity contribution is 5.94. The predicted molar refractivity (Wildman–Crippen MR) is 94.7 cm³/mol. The third-order valence-corrected chi connectivity index (χ3v) is 4.34. The number of halogens is 4. The molecule has 0 spiro atoms. The van der Waals surface area contributed by atoms with Gasteiger partial charge >= 0.3 is 6.18 Å². The predicted octanol–water partition coefficient (Wildman–Crippen LogP) is 3.31. The zero-order valence-corrected chi connectivity index (χ0v) is 15.1. The largest absolute Gasteiger partial charge is 0.416 e. The van der Waals surface area contributed by atoms with Crippen LogP contribution in [0.15, 0.2) is 36.7 Å². The van der Waals surface area contributed by atoms with E-state index in [1.165, 1.54) is 12.1 Å². The molecule has 1 saturated heterocycles. The molecule has 0 radical (unpaired) electrons. The number of hydrogen-bond donors (Lipinski definition) is 0. The van der Waals surface area contributed by atoms with E-state index in [1.54, 1.807) is 11.1 Å². The lowest BCUT2D eigenvalue weighted by Gasteiger charge is -2.35. The van der Waals surface area contributed by atoms with Crippen molar-refractivity contribution >= 4 is 24.3 Å². The van der Waals surface area contributed by atoms with E-state index in [0.29, 0.717) is 26.2 Å². The second-order valence-corrected chi connectivity index (χ2v) is 5.87. The first-order chi connectivity index (χ1) is 11.9. The molecule has 0 unspecified atom stereocenters. The van der Waals surface area contributed by atoms with Crippen molar-refractivity contribution in [1.29, 1.82) is 0 Å². The van der Waals surface area contributed by atoms with E-state index in [9.17, 15) is 18.0 Å². The number of imidazole rings is 1. The van der Waals surface area contributed by atoms with E-state index >= 15 is 0 Å². The zero-order chi connectivity index (χ0) is 18.0. The van der Waals surface area contributed by atoms with E-state index < -0.39 is 11.7 Å². The number of piperazine rings is 1. The van der Waals surface area contributed by atoms with Gasteiger partial charge in [-0.05, 0) is 31.2 Å². The summed E-state index contributed by atoms with van der Waals surface area (Å²) in [6, 6.07) is 4.37. The Labute approximate surface area is 155 Å². The van der Waals surface area contributed by atoms with Crippen molar-refractivity contribution in [1.82, 2.24) is 14.5 Å². The maximum atomic E-state index is 12.6. The molecule has 2 aromatic rings. The molecule has 1 amide bonds. The van der Waals surface area contributed by atoms with Gasteiger partial charge in [0, 0.05) is 50.7 Å². The van der Waals surface area contributed by atoms with E-state index in [0.717, 1.165) is 24.6 Å². The van der Waals surface area contributed by atoms with Crippen molar-refractivity contribution in [2.75, 3.05) is 31.1 Å². The fourth-order valence-electron chi connectivity index (χ4n) is 2.93. The van der Waals surface area contributed by atoms with Gasteiger partial charge in [0.25, 0.3) is 5.91 Å². The molecule has 26 heavy (non-hydrogen) atoms. The first kappa shape index (κ1) is 20.1. The van der Waals surface area contributed by atoms with Crippen molar-refractivity contribution < 1.29 is 18.0 Å². The van der Waals surface area contributed by atoms with Gasteiger partial charge in [-0.25, -0.2) is 4.98 Å². The second-order valence-electron chi connectivity index (χ2n) is 5.87. The number of carbonyl (C=O) groups excluding carboxylic acids is 1. The van der Waals surface area contributed by atoms with Crippen molar-refractivity contribution in [3.63, 3.8) is 0 Å². The molecular formula is C17H20ClF3N4O. The normalized spacial score (nSPS) is 14.9. The van der Waals surface area contributed by atoms with Gasteiger partial charge in [-0.3, -0.25) is 4.79 Å². The maximum absolute atomic E-state index is 12.6. The number of carbonyl (C=O) groups is 1. The molecular weight excluding hydrogens is 369 g/mol. The highest BCUT2D eigenvalue weighted by Gasteiger charge is 2.31. The van der Waals surface area contributed by atoms with Crippen LogP contribution in [-0.4, -0.2) is 46.5 Å². The Kier molecular flexibility index (Phi) is 6.17. The summed E-state index contributed by atoms with van der Waals surface area (Å²) in [5.74, 6) is 0.635. The lowest BCUT2D eigenvalue weighted by atomic mass is 10.1. The highest BCUT2D eigenvalue weighted by atomic mass is 35.5. The number of rotatable bonds is 3. The minimum absolute atomic E-state index is 0. The number of benzene rings is 1. The Morgan fingerprint density at radius 3 is 2.27 bits per heavy atom. The third kappa shape index (κ3) is 4.12. The van der Waals surface area contributed by atoms with Gasteiger partial charge in [0.1, 0.15) is 0 Å². The average Bonchev–Trinajstić information content (AvgIpc) is 3.09. The van der Waals surface area contributed by atoms with Crippen LogP contribution in [-0.2, 0) is 12.7 Å². The summed E-state index contributed by atoms with van der Waals surface area (Å²) < 4.78 is 39.9. The molecule has 1 aromatic heterocycles. The first-order valence-corrected chi connectivity index (χ1v) is 8.12. The molecule has 9 heteroatoms. The summed E-state index contributed by atoms with van der Waals surface area (Å²) in [7, 11) is 0. The van der Waals surface area contributed by atoms with Crippen molar-refractivity contribution in [3.05, 3.63) is 47.8 Å². The van der Waals surface area contributed by atoms with Gasteiger partial charge in [0.2, 0.25) is 5.95 Å². The Morgan fingerprint density at radius 2 is 1.73 bits per heavy atom. The minimum atomic E-state index is -4.39. The summed E-state index contributed by atoms with van der Waals surface area (Å²) >= 11 is 0. The number of anilines is 1. The Balaban J connectivity index is 0.00000243. The molecule has 0 saturated carbocycles. The molecule has 5 nitrogen and oxygen atoms in total. The van der Waals surface area contributed by atoms with Gasteiger partial charge in [-0.1, -0.05) is 0 Å². The first-order valence-electron chi connectivity index (χ1n) is 8.12. The summed E-state index contributed by atoms with van der Waals surface area (Å²) in [6.45, 7) is 5.16. The molecule has 0 atom stereocenters. The standard InChI is InChI=1S/C17H19F3N4O.ClH/c1-2-22-8-7-21-16(22)24-11-9-23(10-12-24)15(25)13-3-5-14(6-4-13)17(18,19)20;/h3-8H,2,9-12H2,1H3;1H. The van der Waals surface area contributed by atoms with Crippen molar-refractivity contribution in [3.8, 4) is 0 Å². The molecule has 1 aromatic carbocycles. The van der Waals surface area contributed by atoms with Crippen LogP contribution in [0.5, 0.6) is 0 Å². The van der Waals surface area contributed by atoms with Crippen LogP contribution in [0, 0.1) is 0 Å². The van der Waals surface area contributed by atoms with Gasteiger partial charge in [0.15, 0.2) is 0 Å². The molecule has 0 bridgehead atoms. The van der Waals surface area contributed by atoms with Gasteiger partial charge in [0.05, 0.1) is 5.56 Å². The number of hydrogen-bond acceptors (Lipinski definition) is 3. The molecule has 142 valence electrons. The second kappa shape index (κ2) is 7.99. The zero-order valence-electron chi connectivity index (χ0n) is 14.2. The van der Waals surface area contributed by atoms with Crippen LogP contribution in [0.4, 0.5) is 19.1 Å². The Bertz CT molecular complexity index is 737. The number of aryl methyl sites for hydroxylation is 1. The average molecular weight is 389 g/mol. The molecule has 1 aliphatic heterocycles. The van der Waals surface area contributed by atoms with E-state index in [4.69, 9.17) is 0 Å². The van der Waals surface area contributed by atoms with Crippen LogP contribution in [0.3, 0.4) is 0 Å². The van der Waals surface area contributed by atoms with Crippen LogP contribution in [0.25, 0.3) is 0 Å². The fraction of sp³-hybridized carbons (Fsp3) is 0.412. The number of nitrogens with zero attached hydrogens (tertiary/aromatic N) is 4. The topological polar surface area (TPSA) is 41.4 Å². The Morgan fingerprint density at radius 1 is 1.12 bits per heavy atom. The fourth-order valence-corrected chi connectivity index (χ4v) is 2.93. The van der Waals surface area contributed by atoms with Crippen LogP contribution < -0.4 is 4.90 Å². The quantitative estimate of drug-likeness (QED) is 0.810. The summed E-state index contributed by atoms with van der Waals surface area (Å²) in [5, 5.41) is 0. The highest BCUT2D eigenvalue weighted by Crippen LogP contribution is 2.29. The van der Waals surface area contributed by atoms with E-state index in [-0.39, 0.29) is 23.9 Å². The molecule has 2 heterocycles. The lowest BCUT2D eigenvalue weighted by Crippen LogP contribution is -2.49. The van der Waals surface area contributed by atoms with E-state index in [1.807, 2.05) is 17.7 Å². The Hall–Kier alpha value is -2.22. The molecule has 1 aliphatic rings. The lowest BCUT2D eigenvalue weighted by molar-refractivity contribution is -0.137. The number of aromatic nitrogens is 2. The van der Waals surface area contributed by atoms with Crippen LogP contribution in [0.2, 0.25) is 0 Å². The van der Waals surface area contributed by atoms with Crippen LogP contribution in [0.1, 0.15) is 22.8 Å². The van der Waals surface area contributed by atoms with Crippen molar-refractivity contribution in [2.24, 2.45) is 0 Å². The van der Waals surface area contributed by atoms with Crippen LogP contribution >= 0.6 is 12.4 Å². The summed E-state index contributed by atoms with van der Waals surface area (Å²) in [5.41, 5.74) is -0.475. The molecule has 0 N–H and O–H groups in total. The third-order valence-electron chi connectivity index (χ3n) is 4.34. The number of alkyl halides is 3.